The molecule has 0 fully saturated rings. The standard InChI is InChI=1S/C11H9BrClN3/c1-7-2-3-8(12)9(6-7)16-11-10(13)14-4-5-15-11/h2-6H,1H3,(H,15,16). The van der Waals surface area contributed by atoms with Gasteiger partial charge in [0.05, 0.1) is 5.69 Å². The summed E-state index contributed by atoms with van der Waals surface area (Å²) in [6.07, 6.45) is 3.15. The Hall–Kier alpha value is -1.13. The summed E-state index contributed by atoms with van der Waals surface area (Å²) in [5.74, 6) is 0.551. The minimum absolute atomic E-state index is 0.357. The van der Waals surface area contributed by atoms with Crippen molar-refractivity contribution in [2.75, 3.05) is 5.32 Å². The van der Waals surface area contributed by atoms with Crippen LogP contribution in [-0.4, -0.2) is 9.97 Å². The SMILES string of the molecule is Cc1ccc(Br)c(Nc2nccnc2Cl)c1. The molecule has 82 valence electrons. The number of nitrogens with one attached hydrogen (secondary N) is 1. The number of aromatic nitrogens is 2. The van der Waals surface area contributed by atoms with Gasteiger partial charge < -0.3 is 5.32 Å². The molecule has 1 aromatic heterocycles. The third kappa shape index (κ3) is 2.51. The average molecular weight is 299 g/mol. The Morgan fingerprint density at radius 1 is 1.25 bits per heavy atom. The summed E-state index contributed by atoms with van der Waals surface area (Å²) in [7, 11) is 0. The molecular formula is C11H9BrClN3. The molecule has 5 heteroatoms. The molecule has 2 aromatic rings. The Bertz CT molecular complexity index is 516. The molecule has 0 bridgehead atoms. The summed E-state index contributed by atoms with van der Waals surface area (Å²) < 4.78 is 0.958. The van der Waals surface area contributed by atoms with Gasteiger partial charge in [0.15, 0.2) is 11.0 Å². The van der Waals surface area contributed by atoms with E-state index in [1.807, 2.05) is 25.1 Å². The summed E-state index contributed by atoms with van der Waals surface area (Å²) in [4.78, 5) is 8.07. The van der Waals surface area contributed by atoms with E-state index in [9.17, 15) is 0 Å². The number of aryl methyl sites for hydroxylation is 1. The van der Waals surface area contributed by atoms with Gasteiger partial charge in [0, 0.05) is 16.9 Å². The van der Waals surface area contributed by atoms with Crippen LogP contribution in [0, 0.1) is 6.92 Å². The molecule has 16 heavy (non-hydrogen) atoms. The van der Waals surface area contributed by atoms with Crippen molar-refractivity contribution in [1.29, 1.82) is 0 Å². The molecule has 0 amide bonds. The third-order valence-corrected chi connectivity index (χ3v) is 3.00. The maximum atomic E-state index is 5.91. The van der Waals surface area contributed by atoms with Crippen LogP contribution in [0.2, 0.25) is 5.15 Å². The van der Waals surface area contributed by atoms with Crippen molar-refractivity contribution >= 4 is 39.0 Å². The molecule has 3 nitrogen and oxygen atoms in total. The molecule has 2 rings (SSSR count). The quantitative estimate of drug-likeness (QED) is 0.912. The highest BCUT2D eigenvalue weighted by molar-refractivity contribution is 9.10. The number of benzene rings is 1. The lowest BCUT2D eigenvalue weighted by atomic mass is 10.2. The van der Waals surface area contributed by atoms with Crippen LogP contribution in [-0.2, 0) is 0 Å². The Labute approximate surface area is 107 Å². The molecule has 1 heterocycles. The van der Waals surface area contributed by atoms with Gasteiger partial charge in [-0.25, -0.2) is 9.97 Å². The number of hydrogen-bond donors (Lipinski definition) is 1. The topological polar surface area (TPSA) is 37.8 Å². The van der Waals surface area contributed by atoms with E-state index in [0.29, 0.717) is 11.0 Å². The minimum Gasteiger partial charge on any atom is -0.337 e. The zero-order chi connectivity index (χ0) is 11.5. The molecule has 0 saturated heterocycles. The van der Waals surface area contributed by atoms with Crippen molar-refractivity contribution in [2.45, 2.75) is 6.92 Å². The van der Waals surface area contributed by atoms with Crippen molar-refractivity contribution < 1.29 is 0 Å². The molecule has 1 aromatic carbocycles. The zero-order valence-corrected chi connectivity index (χ0v) is 10.9. The number of hydrogen-bond acceptors (Lipinski definition) is 3. The second-order valence-electron chi connectivity index (χ2n) is 3.30. The monoisotopic (exact) mass is 297 g/mol. The first-order valence-corrected chi connectivity index (χ1v) is 5.83. The van der Waals surface area contributed by atoms with Crippen molar-refractivity contribution in [3.8, 4) is 0 Å². The first kappa shape index (κ1) is 11.4. The summed E-state index contributed by atoms with van der Waals surface area (Å²) in [6, 6.07) is 6.00. The zero-order valence-electron chi connectivity index (χ0n) is 8.54. The number of rotatable bonds is 2. The smallest absolute Gasteiger partial charge is 0.171 e. The summed E-state index contributed by atoms with van der Waals surface area (Å²) >= 11 is 9.37. The van der Waals surface area contributed by atoms with Gasteiger partial charge in [-0.05, 0) is 40.5 Å². The lowest BCUT2D eigenvalue weighted by Gasteiger charge is -2.09. The van der Waals surface area contributed by atoms with Crippen LogP contribution in [0.25, 0.3) is 0 Å². The minimum atomic E-state index is 0.357. The lowest BCUT2D eigenvalue weighted by molar-refractivity contribution is 1.20. The van der Waals surface area contributed by atoms with Gasteiger partial charge in [-0.1, -0.05) is 17.7 Å². The lowest BCUT2D eigenvalue weighted by Crippen LogP contribution is -1.96. The summed E-state index contributed by atoms with van der Waals surface area (Å²) in [5, 5.41) is 3.49. The van der Waals surface area contributed by atoms with E-state index < -0.39 is 0 Å². The molecule has 0 spiro atoms. The van der Waals surface area contributed by atoms with Crippen LogP contribution in [0.15, 0.2) is 35.1 Å². The molecule has 0 atom stereocenters. The van der Waals surface area contributed by atoms with Gasteiger partial charge in [0.1, 0.15) is 0 Å². The fraction of sp³-hybridized carbons (Fsp3) is 0.0909. The first-order chi connectivity index (χ1) is 7.66. The van der Waals surface area contributed by atoms with Crippen LogP contribution < -0.4 is 5.32 Å². The van der Waals surface area contributed by atoms with E-state index in [-0.39, 0.29) is 0 Å². The second kappa shape index (κ2) is 4.80. The predicted octanol–water partition coefficient (Wildman–Crippen LogP) is 3.94. The number of nitrogens with zero attached hydrogens (tertiary/aromatic N) is 2. The third-order valence-electron chi connectivity index (χ3n) is 2.03. The summed E-state index contributed by atoms with van der Waals surface area (Å²) in [5.41, 5.74) is 2.08. The largest absolute Gasteiger partial charge is 0.337 e. The van der Waals surface area contributed by atoms with E-state index in [4.69, 9.17) is 11.6 Å². The van der Waals surface area contributed by atoms with Crippen molar-refractivity contribution in [3.05, 3.63) is 45.8 Å². The highest BCUT2D eigenvalue weighted by Crippen LogP contribution is 2.28. The Morgan fingerprint density at radius 3 is 2.75 bits per heavy atom. The summed E-state index contributed by atoms with van der Waals surface area (Å²) in [6.45, 7) is 2.02. The molecular weight excluding hydrogens is 289 g/mol. The molecule has 0 aliphatic rings. The fourth-order valence-corrected chi connectivity index (χ4v) is 1.77. The van der Waals surface area contributed by atoms with E-state index in [1.165, 1.54) is 0 Å². The van der Waals surface area contributed by atoms with Crippen molar-refractivity contribution in [3.63, 3.8) is 0 Å². The van der Waals surface area contributed by atoms with E-state index in [2.05, 4.69) is 31.2 Å². The predicted molar refractivity (Wildman–Crippen MR) is 69.2 cm³/mol. The molecule has 1 N–H and O–H groups in total. The van der Waals surface area contributed by atoms with E-state index in [1.54, 1.807) is 12.4 Å². The fourth-order valence-electron chi connectivity index (χ4n) is 1.27. The number of halogens is 2. The van der Waals surface area contributed by atoms with Gasteiger partial charge in [-0.15, -0.1) is 0 Å². The van der Waals surface area contributed by atoms with Gasteiger partial charge in [0.25, 0.3) is 0 Å². The van der Waals surface area contributed by atoms with Crippen molar-refractivity contribution in [1.82, 2.24) is 9.97 Å². The highest BCUT2D eigenvalue weighted by atomic mass is 79.9. The van der Waals surface area contributed by atoms with Crippen LogP contribution in [0.4, 0.5) is 11.5 Å². The van der Waals surface area contributed by atoms with Gasteiger partial charge in [0.2, 0.25) is 0 Å². The normalized spacial score (nSPS) is 10.2. The molecule has 0 saturated carbocycles. The van der Waals surface area contributed by atoms with E-state index >= 15 is 0 Å². The Balaban J connectivity index is 2.34. The van der Waals surface area contributed by atoms with E-state index in [0.717, 1.165) is 15.7 Å². The second-order valence-corrected chi connectivity index (χ2v) is 4.52. The average Bonchev–Trinajstić information content (AvgIpc) is 2.27. The van der Waals surface area contributed by atoms with Crippen LogP contribution in [0.1, 0.15) is 5.56 Å². The molecule has 0 radical (unpaired) electrons. The Kier molecular flexibility index (Phi) is 3.41. The van der Waals surface area contributed by atoms with Crippen LogP contribution >= 0.6 is 27.5 Å². The van der Waals surface area contributed by atoms with Gasteiger partial charge >= 0.3 is 0 Å². The van der Waals surface area contributed by atoms with Crippen molar-refractivity contribution in [2.24, 2.45) is 0 Å². The molecule has 0 aliphatic carbocycles. The van der Waals surface area contributed by atoms with Crippen LogP contribution in [0.5, 0.6) is 0 Å². The first-order valence-electron chi connectivity index (χ1n) is 4.66. The number of anilines is 2. The maximum Gasteiger partial charge on any atom is 0.171 e. The molecule has 0 unspecified atom stereocenters. The highest BCUT2D eigenvalue weighted by Gasteiger charge is 2.05. The van der Waals surface area contributed by atoms with Crippen LogP contribution in [0.3, 0.4) is 0 Å². The maximum absolute atomic E-state index is 5.91. The molecule has 0 aliphatic heterocycles. The van der Waals surface area contributed by atoms with Gasteiger partial charge in [-0.3, -0.25) is 0 Å². The van der Waals surface area contributed by atoms with Gasteiger partial charge in [-0.2, -0.15) is 0 Å². The Morgan fingerprint density at radius 2 is 2.00 bits per heavy atom.